The van der Waals surface area contributed by atoms with Crippen LogP contribution in [0.15, 0.2) is 59.6 Å². The van der Waals surface area contributed by atoms with Gasteiger partial charge in [0, 0.05) is 23.4 Å². The van der Waals surface area contributed by atoms with Gasteiger partial charge in [-0.2, -0.15) is 0 Å². The lowest BCUT2D eigenvalue weighted by molar-refractivity contribution is -0.394. The first-order valence-corrected chi connectivity index (χ1v) is 9.09. The number of aromatic amines is 1. The Hall–Kier alpha value is -4.60. The van der Waals surface area contributed by atoms with E-state index in [1.807, 2.05) is 43.3 Å². The molecule has 0 spiro atoms. The van der Waals surface area contributed by atoms with Crippen molar-refractivity contribution in [2.24, 2.45) is 4.99 Å². The van der Waals surface area contributed by atoms with Crippen LogP contribution in [0, 0.1) is 27.2 Å². The number of H-pyrrole nitrogens is 1. The second-order valence-electron chi connectivity index (χ2n) is 6.78. The Morgan fingerprint density at radius 1 is 1.06 bits per heavy atom. The van der Waals surface area contributed by atoms with Crippen molar-refractivity contribution in [1.29, 1.82) is 0 Å². The Labute approximate surface area is 174 Å². The molecule has 1 aromatic heterocycles. The summed E-state index contributed by atoms with van der Waals surface area (Å²) in [5.74, 6) is -0.0445. The first kappa shape index (κ1) is 19.7. The van der Waals surface area contributed by atoms with Gasteiger partial charge in [-0.3, -0.25) is 25.2 Å². The number of nitrogens with one attached hydrogen (secondary N) is 1. The zero-order valence-corrected chi connectivity index (χ0v) is 16.1. The Kier molecular flexibility index (Phi) is 4.88. The lowest BCUT2D eigenvalue weighted by Crippen LogP contribution is -1.96. The van der Waals surface area contributed by atoms with Gasteiger partial charge in [0.15, 0.2) is 0 Å². The molecule has 4 aromatic rings. The van der Waals surface area contributed by atoms with Crippen LogP contribution < -0.4 is 0 Å². The number of benzene rings is 3. The number of aliphatic imine (C=N–C) groups is 1. The maximum atomic E-state index is 11.1. The minimum absolute atomic E-state index is 0.130. The molecule has 4 rings (SSSR count). The lowest BCUT2D eigenvalue weighted by Gasteiger charge is -2.04. The number of aromatic hydroxyl groups is 1. The number of phenols is 1. The summed E-state index contributed by atoms with van der Waals surface area (Å²) in [5.41, 5.74) is 2.38. The molecule has 0 aliphatic carbocycles. The summed E-state index contributed by atoms with van der Waals surface area (Å²) in [6, 6.07) is 14.8. The van der Waals surface area contributed by atoms with Gasteiger partial charge in [0.05, 0.1) is 32.6 Å². The van der Waals surface area contributed by atoms with E-state index in [1.165, 1.54) is 6.21 Å². The molecular formula is C21H15N5O5. The quantitative estimate of drug-likeness (QED) is 0.270. The van der Waals surface area contributed by atoms with Crippen LogP contribution in [-0.2, 0) is 0 Å². The number of nitrogens with zero attached hydrogens (tertiary/aromatic N) is 4. The number of aromatic nitrogens is 2. The van der Waals surface area contributed by atoms with Gasteiger partial charge in [-0.05, 0) is 30.7 Å². The normalized spacial score (nSPS) is 11.3. The van der Waals surface area contributed by atoms with E-state index in [-0.39, 0.29) is 5.56 Å². The Morgan fingerprint density at radius 3 is 2.55 bits per heavy atom. The second kappa shape index (κ2) is 7.67. The first-order chi connectivity index (χ1) is 14.8. The Balaban J connectivity index is 1.75. The van der Waals surface area contributed by atoms with Crippen LogP contribution >= 0.6 is 0 Å². The lowest BCUT2D eigenvalue weighted by atomic mass is 10.1. The van der Waals surface area contributed by atoms with Crippen LogP contribution in [0.4, 0.5) is 17.1 Å². The van der Waals surface area contributed by atoms with Crippen molar-refractivity contribution in [3.8, 4) is 17.1 Å². The maximum Gasteiger partial charge on any atom is 0.318 e. The number of non-ortho nitro benzene ring substituents is 1. The molecule has 1 heterocycles. The van der Waals surface area contributed by atoms with Crippen LogP contribution in [0.2, 0.25) is 0 Å². The first-order valence-electron chi connectivity index (χ1n) is 9.09. The average molecular weight is 417 g/mol. The molecule has 0 aliphatic rings. The number of hydrogen-bond donors (Lipinski definition) is 2. The maximum absolute atomic E-state index is 11.1. The van der Waals surface area contributed by atoms with Crippen molar-refractivity contribution < 1.29 is 15.0 Å². The van der Waals surface area contributed by atoms with Gasteiger partial charge < -0.3 is 10.1 Å². The van der Waals surface area contributed by atoms with Crippen LogP contribution in [0.1, 0.15) is 11.1 Å². The predicted octanol–water partition coefficient (Wildman–Crippen LogP) is 4.81. The molecule has 0 saturated carbocycles. The number of para-hydroxylation sites is 2. The van der Waals surface area contributed by atoms with Gasteiger partial charge in [-0.15, -0.1) is 0 Å². The summed E-state index contributed by atoms with van der Waals surface area (Å²) in [4.78, 5) is 32.6. The van der Waals surface area contributed by atoms with Gasteiger partial charge in [0.25, 0.3) is 5.69 Å². The fourth-order valence-corrected chi connectivity index (χ4v) is 3.09. The Bertz CT molecular complexity index is 1340. The van der Waals surface area contributed by atoms with E-state index >= 15 is 0 Å². The van der Waals surface area contributed by atoms with E-state index in [1.54, 1.807) is 6.07 Å². The highest BCUT2D eigenvalue weighted by Gasteiger charge is 2.23. The summed E-state index contributed by atoms with van der Waals surface area (Å²) in [6.07, 6.45) is 1.17. The SMILES string of the molecule is Cc1ccc(-c2nc3ccccc3[nH]2)cc1N=Cc1cc([N+](=O)[O-])cc([N+](=O)[O-])c1O. The number of hydrogen-bond acceptors (Lipinski definition) is 7. The third kappa shape index (κ3) is 3.81. The summed E-state index contributed by atoms with van der Waals surface area (Å²) in [5, 5.41) is 32.4. The van der Waals surface area contributed by atoms with Crippen LogP contribution in [0.5, 0.6) is 5.75 Å². The third-order valence-electron chi connectivity index (χ3n) is 4.73. The van der Waals surface area contributed by atoms with E-state index in [9.17, 15) is 25.3 Å². The van der Waals surface area contributed by atoms with Gasteiger partial charge in [0.1, 0.15) is 5.82 Å². The topological polar surface area (TPSA) is 148 Å². The molecule has 0 amide bonds. The minimum Gasteiger partial charge on any atom is -0.502 e. The zero-order chi connectivity index (χ0) is 22.1. The van der Waals surface area contributed by atoms with Crippen molar-refractivity contribution in [2.45, 2.75) is 6.92 Å². The molecule has 2 N–H and O–H groups in total. The molecule has 31 heavy (non-hydrogen) atoms. The van der Waals surface area contributed by atoms with Crippen molar-refractivity contribution in [3.63, 3.8) is 0 Å². The van der Waals surface area contributed by atoms with E-state index in [0.29, 0.717) is 17.6 Å². The zero-order valence-electron chi connectivity index (χ0n) is 16.1. The van der Waals surface area contributed by atoms with E-state index in [2.05, 4.69) is 15.0 Å². The molecule has 0 atom stereocenters. The van der Waals surface area contributed by atoms with Crippen molar-refractivity contribution in [2.75, 3.05) is 0 Å². The highest BCUT2D eigenvalue weighted by atomic mass is 16.6. The molecule has 0 saturated heterocycles. The number of nitro groups is 2. The summed E-state index contributed by atoms with van der Waals surface area (Å²) >= 11 is 0. The van der Waals surface area contributed by atoms with Gasteiger partial charge >= 0.3 is 5.69 Å². The van der Waals surface area contributed by atoms with Crippen molar-refractivity contribution in [3.05, 3.63) is 86.0 Å². The number of imidazole rings is 1. The number of nitro benzene ring substituents is 2. The van der Waals surface area contributed by atoms with Crippen molar-refractivity contribution in [1.82, 2.24) is 9.97 Å². The molecule has 0 fully saturated rings. The Morgan fingerprint density at radius 2 is 1.84 bits per heavy atom. The standard InChI is InChI=1S/C21H15N5O5/c1-12-6-7-13(21-23-16-4-2-3-5-17(16)24-21)9-18(12)22-11-14-8-15(25(28)29)10-19(20(14)27)26(30)31/h2-11,27H,1H3,(H,23,24). The summed E-state index contributed by atoms with van der Waals surface area (Å²) < 4.78 is 0. The smallest absolute Gasteiger partial charge is 0.318 e. The molecule has 0 bridgehead atoms. The third-order valence-corrected chi connectivity index (χ3v) is 4.73. The van der Waals surface area contributed by atoms with E-state index in [0.717, 1.165) is 28.2 Å². The van der Waals surface area contributed by atoms with Gasteiger partial charge in [-0.25, -0.2) is 4.98 Å². The van der Waals surface area contributed by atoms with Crippen LogP contribution in [0.3, 0.4) is 0 Å². The summed E-state index contributed by atoms with van der Waals surface area (Å²) in [7, 11) is 0. The largest absolute Gasteiger partial charge is 0.502 e. The monoisotopic (exact) mass is 417 g/mol. The van der Waals surface area contributed by atoms with Gasteiger partial charge in [-0.1, -0.05) is 24.3 Å². The van der Waals surface area contributed by atoms with Crippen LogP contribution in [-0.4, -0.2) is 31.1 Å². The van der Waals surface area contributed by atoms with Crippen molar-refractivity contribution >= 4 is 34.3 Å². The summed E-state index contributed by atoms with van der Waals surface area (Å²) in [6.45, 7) is 1.82. The number of aryl methyl sites for hydroxylation is 1. The predicted molar refractivity (Wildman–Crippen MR) is 115 cm³/mol. The molecular weight excluding hydrogens is 402 g/mol. The van der Waals surface area contributed by atoms with E-state index in [4.69, 9.17) is 0 Å². The van der Waals surface area contributed by atoms with Crippen LogP contribution in [0.25, 0.3) is 22.4 Å². The number of phenolic OH excluding ortho intramolecular Hbond substituents is 1. The highest BCUT2D eigenvalue weighted by Crippen LogP contribution is 2.34. The molecule has 10 nitrogen and oxygen atoms in total. The fraction of sp³-hybridized carbons (Fsp3) is 0.0476. The number of rotatable bonds is 5. The molecule has 0 radical (unpaired) electrons. The van der Waals surface area contributed by atoms with Gasteiger partial charge in [0.2, 0.25) is 5.75 Å². The highest BCUT2D eigenvalue weighted by molar-refractivity contribution is 5.89. The molecule has 3 aromatic carbocycles. The number of fused-ring (bicyclic) bond motifs is 1. The fourth-order valence-electron chi connectivity index (χ4n) is 3.09. The molecule has 0 aliphatic heterocycles. The second-order valence-corrected chi connectivity index (χ2v) is 6.78. The molecule has 10 heteroatoms. The molecule has 0 unspecified atom stereocenters. The average Bonchev–Trinajstić information content (AvgIpc) is 3.17. The van der Waals surface area contributed by atoms with E-state index < -0.39 is 27.0 Å². The molecule has 154 valence electrons. The minimum atomic E-state index is -0.882.